The first-order valence-corrected chi connectivity index (χ1v) is 7.41. The number of halogens is 1. The van der Waals surface area contributed by atoms with Gasteiger partial charge in [0.15, 0.2) is 0 Å². The molecule has 0 aliphatic heterocycles. The predicted octanol–water partition coefficient (Wildman–Crippen LogP) is 2.49. The summed E-state index contributed by atoms with van der Waals surface area (Å²) in [6.07, 6.45) is 4.70. The summed E-state index contributed by atoms with van der Waals surface area (Å²) < 4.78 is 15.4. The number of aryl methyl sites for hydroxylation is 1. The van der Waals surface area contributed by atoms with E-state index in [-0.39, 0.29) is 5.56 Å². The summed E-state index contributed by atoms with van der Waals surface area (Å²) in [7, 11) is 0. The van der Waals surface area contributed by atoms with Gasteiger partial charge in [-0.1, -0.05) is 0 Å². The number of fused-ring (bicyclic) bond motifs is 1. The summed E-state index contributed by atoms with van der Waals surface area (Å²) >= 11 is 0. The Morgan fingerprint density at radius 3 is 2.75 bits per heavy atom. The standard InChI is InChI=1S/C17H15FN4O2/c1-3-22-15-5-16(21-9-23)20-6-11(15)4-12(17(22)24)13-7-19-8-14(18)10(13)2/h4-9H,3H2,1-2H3,(H,20,21,23). The predicted molar refractivity (Wildman–Crippen MR) is 89.3 cm³/mol. The van der Waals surface area contributed by atoms with Crippen LogP contribution < -0.4 is 10.9 Å². The van der Waals surface area contributed by atoms with Gasteiger partial charge in [-0.3, -0.25) is 14.6 Å². The molecule has 0 fully saturated rings. The second-order valence-electron chi connectivity index (χ2n) is 5.29. The van der Waals surface area contributed by atoms with E-state index in [2.05, 4.69) is 15.3 Å². The summed E-state index contributed by atoms with van der Waals surface area (Å²) in [6.45, 7) is 3.88. The molecule has 1 N–H and O–H groups in total. The van der Waals surface area contributed by atoms with Crippen LogP contribution >= 0.6 is 0 Å². The summed E-state index contributed by atoms with van der Waals surface area (Å²) in [5.41, 5.74) is 1.60. The van der Waals surface area contributed by atoms with Crippen LogP contribution in [0.2, 0.25) is 0 Å². The van der Waals surface area contributed by atoms with Gasteiger partial charge in [-0.15, -0.1) is 0 Å². The second-order valence-corrected chi connectivity index (χ2v) is 5.29. The minimum Gasteiger partial charge on any atom is -0.313 e. The van der Waals surface area contributed by atoms with Crippen molar-refractivity contribution in [2.45, 2.75) is 20.4 Å². The SMILES string of the molecule is CCn1c(=O)c(-c2cncc(F)c2C)cc2cnc(NC=O)cc21. The second kappa shape index (κ2) is 6.19. The first-order chi connectivity index (χ1) is 11.6. The number of nitrogens with zero attached hydrogens (tertiary/aromatic N) is 3. The molecule has 7 heteroatoms. The van der Waals surface area contributed by atoms with Gasteiger partial charge < -0.3 is 9.88 Å². The lowest BCUT2D eigenvalue weighted by Crippen LogP contribution is -2.22. The van der Waals surface area contributed by atoms with Crippen LogP contribution in [-0.2, 0) is 11.3 Å². The van der Waals surface area contributed by atoms with Crippen molar-refractivity contribution in [3.63, 3.8) is 0 Å². The summed E-state index contributed by atoms with van der Waals surface area (Å²) in [6, 6.07) is 3.31. The molecule has 3 rings (SSSR count). The van der Waals surface area contributed by atoms with Gasteiger partial charge in [-0.2, -0.15) is 0 Å². The van der Waals surface area contributed by atoms with E-state index in [0.29, 0.717) is 46.4 Å². The monoisotopic (exact) mass is 326 g/mol. The highest BCUT2D eigenvalue weighted by Crippen LogP contribution is 2.25. The average Bonchev–Trinajstić information content (AvgIpc) is 2.57. The molecule has 0 aliphatic rings. The Hall–Kier alpha value is -3.09. The minimum absolute atomic E-state index is 0.247. The Morgan fingerprint density at radius 2 is 2.04 bits per heavy atom. The van der Waals surface area contributed by atoms with E-state index in [1.807, 2.05) is 6.92 Å². The lowest BCUT2D eigenvalue weighted by Gasteiger charge is -2.13. The van der Waals surface area contributed by atoms with E-state index in [0.717, 1.165) is 6.20 Å². The highest BCUT2D eigenvalue weighted by molar-refractivity contribution is 5.87. The third-order valence-electron chi connectivity index (χ3n) is 3.95. The topological polar surface area (TPSA) is 76.9 Å². The maximum Gasteiger partial charge on any atom is 0.258 e. The number of hydrogen-bond acceptors (Lipinski definition) is 4. The molecule has 0 aliphatic carbocycles. The fourth-order valence-corrected chi connectivity index (χ4v) is 2.69. The number of pyridine rings is 3. The molecule has 0 unspecified atom stereocenters. The Bertz CT molecular complexity index is 998. The van der Waals surface area contributed by atoms with Crippen LogP contribution in [0.3, 0.4) is 0 Å². The summed E-state index contributed by atoms with van der Waals surface area (Å²) in [4.78, 5) is 31.4. The number of carbonyl (C=O) groups is 1. The highest BCUT2D eigenvalue weighted by Gasteiger charge is 2.15. The van der Waals surface area contributed by atoms with Gasteiger partial charge in [0.25, 0.3) is 5.56 Å². The van der Waals surface area contributed by atoms with E-state index in [1.165, 1.54) is 6.20 Å². The molecule has 0 saturated carbocycles. The molecule has 122 valence electrons. The van der Waals surface area contributed by atoms with Crippen LogP contribution in [0.1, 0.15) is 12.5 Å². The van der Waals surface area contributed by atoms with Crippen molar-refractivity contribution in [3.8, 4) is 11.1 Å². The molecule has 3 aromatic rings. The Morgan fingerprint density at radius 1 is 1.25 bits per heavy atom. The molecule has 0 saturated heterocycles. The molecule has 0 bridgehead atoms. The normalized spacial score (nSPS) is 10.8. The van der Waals surface area contributed by atoms with Crippen LogP contribution in [0, 0.1) is 12.7 Å². The molecular formula is C17H15FN4O2. The summed E-state index contributed by atoms with van der Waals surface area (Å²) in [5.74, 6) is -0.103. The van der Waals surface area contributed by atoms with Crippen molar-refractivity contribution in [1.29, 1.82) is 0 Å². The maximum absolute atomic E-state index is 13.8. The lowest BCUT2D eigenvalue weighted by molar-refractivity contribution is -0.105. The fraction of sp³-hybridized carbons (Fsp3) is 0.176. The van der Waals surface area contributed by atoms with Crippen molar-refractivity contribution >= 4 is 23.1 Å². The highest BCUT2D eigenvalue weighted by atomic mass is 19.1. The molecule has 0 aromatic carbocycles. The zero-order valence-electron chi connectivity index (χ0n) is 13.2. The molecule has 1 amide bonds. The van der Waals surface area contributed by atoms with Gasteiger partial charge in [-0.25, -0.2) is 9.37 Å². The van der Waals surface area contributed by atoms with Crippen molar-refractivity contribution in [1.82, 2.24) is 14.5 Å². The van der Waals surface area contributed by atoms with Gasteiger partial charge in [0.2, 0.25) is 6.41 Å². The number of amides is 1. The van der Waals surface area contributed by atoms with Gasteiger partial charge in [-0.05, 0) is 25.5 Å². The van der Waals surface area contributed by atoms with Gasteiger partial charge in [0.05, 0.1) is 11.7 Å². The van der Waals surface area contributed by atoms with E-state index in [9.17, 15) is 14.0 Å². The van der Waals surface area contributed by atoms with Crippen molar-refractivity contribution < 1.29 is 9.18 Å². The first kappa shape index (κ1) is 15.8. The third kappa shape index (κ3) is 2.54. The third-order valence-corrected chi connectivity index (χ3v) is 3.95. The fourth-order valence-electron chi connectivity index (χ4n) is 2.69. The van der Waals surface area contributed by atoms with Gasteiger partial charge >= 0.3 is 0 Å². The van der Waals surface area contributed by atoms with Crippen molar-refractivity contribution in [2.75, 3.05) is 5.32 Å². The zero-order chi connectivity index (χ0) is 17.3. The number of rotatable bonds is 4. The lowest BCUT2D eigenvalue weighted by atomic mass is 10.0. The molecular weight excluding hydrogens is 311 g/mol. The first-order valence-electron chi connectivity index (χ1n) is 7.41. The Balaban J connectivity index is 2.33. The Labute approximate surface area is 137 Å². The largest absolute Gasteiger partial charge is 0.313 e. The van der Waals surface area contributed by atoms with Crippen LogP contribution in [0.15, 0.2) is 35.5 Å². The smallest absolute Gasteiger partial charge is 0.258 e. The zero-order valence-corrected chi connectivity index (χ0v) is 13.2. The van der Waals surface area contributed by atoms with Crippen LogP contribution in [0.25, 0.3) is 22.0 Å². The molecule has 24 heavy (non-hydrogen) atoms. The Kier molecular flexibility index (Phi) is 4.07. The number of hydrogen-bond donors (Lipinski definition) is 1. The number of anilines is 1. The van der Waals surface area contributed by atoms with Crippen LogP contribution in [-0.4, -0.2) is 20.9 Å². The minimum atomic E-state index is -0.460. The van der Waals surface area contributed by atoms with Crippen molar-refractivity contribution in [2.24, 2.45) is 0 Å². The molecule has 0 radical (unpaired) electrons. The van der Waals surface area contributed by atoms with Crippen LogP contribution in [0.5, 0.6) is 0 Å². The quantitative estimate of drug-likeness (QED) is 0.747. The average molecular weight is 326 g/mol. The number of aromatic nitrogens is 3. The van der Waals surface area contributed by atoms with Crippen LogP contribution in [0.4, 0.5) is 10.2 Å². The van der Waals surface area contributed by atoms with E-state index in [4.69, 9.17) is 0 Å². The maximum atomic E-state index is 13.8. The van der Waals surface area contributed by atoms with E-state index in [1.54, 1.807) is 29.8 Å². The molecule has 6 nitrogen and oxygen atoms in total. The molecule has 3 heterocycles. The van der Waals surface area contributed by atoms with Gasteiger partial charge in [0, 0.05) is 41.5 Å². The molecule has 0 spiro atoms. The van der Waals surface area contributed by atoms with E-state index < -0.39 is 5.82 Å². The summed E-state index contributed by atoms with van der Waals surface area (Å²) in [5, 5.41) is 3.18. The number of carbonyl (C=O) groups excluding carboxylic acids is 1. The molecule has 3 aromatic heterocycles. The molecule has 0 atom stereocenters. The van der Waals surface area contributed by atoms with Crippen molar-refractivity contribution in [3.05, 3.63) is 52.5 Å². The van der Waals surface area contributed by atoms with E-state index >= 15 is 0 Å². The van der Waals surface area contributed by atoms with Gasteiger partial charge in [0.1, 0.15) is 11.6 Å². The number of nitrogens with one attached hydrogen (secondary N) is 1.